The summed E-state index contributed by atoms with van der Waals surface area (Å²) in [6.07, 6.45) is 4.56. The number of ether oxygens (including phenoxy) is 1. The third kappa shape index (κ3) is 1.18. The zero-order chi connectivity index (χ0) is 6.97. The first-order chi connectivity index (χ1) is 4.84. The molecule has 2 bridgehead atoms. The van der Waals surface area contributed by atoms with Crippen LogP contribution in [0, 0.1) is 5.92 Å². The standard InChI is InChI=1S/C8H14O2/c9-7-3-6-1-2-8(4-7)10-5-6/h6-9H,1-5H2/t6?,7-,8-/m1/s1. The Labute approximate surface area is 61.2 Å². The number of aliphatic hydroxyl groups is 1. The molecule has 0 spiro atoms. The molecule has 2 heterocycles. The third-order valence-corrected chi connectivity index (χ3v) is 2.60. The summed E-state index contributed by atoms with van der Waals surface area (Å²) in [6, 6.07) is 0. The van der Waals surface area contributed by atoms with Crippen molar-refractivity contribution in [2.24, 2.45) is 5.92 Å². The highest BCUT2D eigenvalue weighted by Crippen LogP contribution is 2.30. The molecule has 3 atom stereocenters. The number of aliphatic hydroxyl groups excluding tert-OH is 1. The van der Waals surface area contributed by atoms with Gasteiger partial charge in [0.05, 0.1) is 12.2 Å². The van der Waals surface area contributed by atoms with E-state index in [1.165, 1.54) is 12.8 Å². The van der Waals surface area contributed by atoms with Crippen LogP contribution in [0.25, 0.3) is 0 Å². The number of rotatable bonds is 0. The Kier molecular flexibility index (Phi) is 1.66. The Morgan fingerprint density at radius 2 is 2.10 bits per heavy atom. The van der Waals surface area contributed by atoms with Gasteiger partial charge >= 0.3 is 0 Å². The zero-order valence-corrected chi connectivity index (χ0v) is 6.12. The topological polar surface area (TPSA) is 29.5 Å². The molecule has 2 heteroatoms. The molecule has 2 saturated heterocycles. The van der Waals surface area contributed by atoms with E-state index in [-0.39, 0.29) is 6.10 Å². The van der Waals surface area contributed by atoms with Gasteiger partial charge < -0.3 is 9.84 Å². The SMILES string of the molecule is O[C@@H]1CC2CC[C@H](C1)OC2. The van der Waals surface area contributed by atoms with Gasteiger partial charge in [-0.2, -0.15) is 0 Å². The molecule has 1 aliphatic carbocycles. The van der Waals surface area contributed by atoms with Gasteiger partial charge in [0.15, 0.2) is 0 Å². The minimum atomic E-state index is -0.0833. The third-order valence-electron chi connectivity index (χ3n) is 2.60. The second kappa shape index (κ2) is 2.51. The van der Waals surface area contributed by atoms with Crippen molar-refractivity contribution >= 4 is 0 Å². The summed E-state index contributed by atoms with van der Waals surface area (Å²) in [5.41, 5.74) is 0. The van der Waals surface area contributed by atoms with Gasteiger partial charge in [0.2, 0.25) is 0 Å². The Morgan fingerprint density at radius 3 is 2.80 bits per heavy atom. The average molecular weight is 142 g/mol. The minimum absolute atomic E-state index is 0.0833. The van der Waals surface area contributed by atoms with Gasteiger partial charge in [-0.25, -0.2) is 0 Å². The van der Waals surface area contributed by atoms with Crippen molar-refractivity contribution in [2.45, 2.75) is 37.9 Å². The van der Waals surface area contributed by atoms with Crippen molar-refractivity contribution in [1.82, 2.24) is 0 Å². The quantitative estimate of drug-likeness (QED) is 0.545. The van der Waals surface area contributed by atoms with Crippen LogP contribution in [0.15, 0.2) is 0 Å². The molecular formula is C8H14O2. The van der Waals surface area contributed by atoms with Gasteiger partial charge in [0.1, 0.15) is 0 Å². The van der Waals surface area contributed by atoms with E-state index in [2.05, 4.69) is 0 Å². The van der Waals surface area contributed by atoms with E-state index < -0.39 is 0 Å². The first-order valence-corrected chi connectivity index (χ1v) is 4.14. The van der Waals surface area contributed by atoms with Crippen LogP contribution in [0.1, 0.15) is 25.7 Å². The van der Waals surface area contributed by atoms with E-state index in [1.54, 1.807) is 0 Å². The number of fused-ring (bicyclic) bond motifs is 4. The van der Waals surface area contributed by atoms with Crippen LogP contribution in [0.5, 0.6) is 0 Å². The fourth-order valence-corrected chi connectivity index (χ4v) is 2.02. The molecule has 0 amide bonds. The highest BCUT2D eigenvalue weighted by Gasteiger charge is 2.29. The molecule has 0 aromatic carbocycles. The molecule has 0 radical (unpaired) electrons. The van der Waals surface area contributed by atoms with Gasteiger partial charge in [0, 0.05) is 6.61 Å². The van der Waals surface area contributed by atoms with Gasteiger partial charge in [-0.05, 0) is 31.6 Å². The molecule has 3 rings (SSSR count). The maximum atomic E-state index is 9.39. The molecule has 0 aromatic heterocycles. The summed E-state index contributed by atoms with van der Waals surface area (Å²) in [5, 5.41) is 9.39. The average Bonchev–Trinajstić information content (AvgIpc) is 2.17. The van der Waals surface area contributed by atoms with Crippen LogP contribution in [0.3, 0.4) is 0 Å². The van der Waals surface area contributed by atoms with E-state index in [1.807, 2.05) is 0 Å². The van der Waals surface area contributed by atoms with Gasteiger partial charge in [-0.1, -0.05) is 0 Å². The predicted molar refractivity (Wildman–Crippen MR) is 37.7 cm³/mol. The van der Waals surface area contributed by atoms with Crippen LogP contribution in [0.2, 0.25) is 0 Å². The van der Waals surface area contributed by atoms with Crippen LogP contribution in [-0.2, 0) is 4.74 Å². The maximum absolute atomic E-state index is 9.39. The van der Waals surface area contributed by atoms with Crippen molar-refractivity contribution in [3.05, 3.63) is 0 Å². The Morgan fingerprint density at radius 1 is 1.20 bits per heavy atom. The monoisotopic (exact) mass is 142 g/mol. The summed E-state index contributed by atoms with van der Waals surface area (Å²) < 4.78 is 5.51. The first-order valence-electron chi connectivity index (χ1n) is 4.14. The first kappa shape index (κ1) is 6.62. The van der Waals surface area contributed by atoms with E-state index in [9.17, 15) is 5.11 Å². The molecule has 2 aliphatic heterocycles. The highest BCUT2D eigenvalue weighted by atomic mass is 16.5. The highest BCUT2D eigenvalue weighted by molar-refractivity contribution is 4.80. The molecule has 1 saturated carbocycles. The summed E-state index contributed by atoms with van der Waals surface area (Å²) in [7, 11) is 0. The van der Waals surface area contributed by atoms with Crippen molar-refractivity contribution in [1.29, 1.82) is 0 Å². The Balaban J connectivity index is 2.05. The van der Waals surface area contributed by atoms with Gasteiger partial charge in [-0.15, -0.1) is 0 Å². The molecule has 3 aliphatic rings. The summed E-state index contributed by atoms with van der Waals surface area (Å²) in [4.78, 5) is 0. The molecule has 2 nitrogen and oxygen atoms in total. The van der Waals surface area contributed by atoms with Crippen LogP contribution >= 0.6 is 0 Å². The summed E-state index contributed by atoms with van der Waals surface area (Å²) >= 11 is 0. The molecule has 1 unspecified atom stereocenters. The Bertz CT molecular complexity index is 102. The molecular weight excluding hydrogens is 128 g/mol. The Hall–Kier alpha value is -0.0800. The van der Waals surface area contributed by atoms with Crippen molar-refractivity contribution in [3.63, 3.8) is 0 Å². The number of hydrogen-bond acceptors (Lipinski definition) is 2. The molecule has 58 valence electrons. The molecule has 10 heavy (non-hydrogen) atoms. The second-order valence-electron chi connectivity index (χ2n) is 3.52. The second-order valence-corrected chi connectivity index (χ2v) is 3.52. The van der Waals surface area contributed by atoms with Crippen LogP contribution in [-0.4, -0.2) is 23.9 Å². The van der Waals surface area contributed by atoms with Crippen LogP contribution < -0.4 is 0 Å². The fraction of sp³-hybridized carbons (Fsp3) is 1.00. The fourth-order valence-electron chi connectivity index (χ4n) is 2.02. The van der Waals surface area contributed by atoms with E-state index in [4.69, 9.17) is 4.74 Å². The lowest BCUT2D eigenvalue weighted by Gasteiger charge is -2.22. The minimum Gasteiger partial charge on any atom is -0.393 e. The van der Waals surface area contributed by atoms with Crippen LogP contribution in [0.4, 0.5) is 0 Å². The lowest BCUT2D eigenvalue weighted by molar-refractivity contribution is -0.00461. The lowest BCUT2D eigenvalue weighted by Crippen LogP contribution is -2.21. The normalized spacial score (nSPS) is 47.1. The summed E-state index contributed by atoms with van der Waals surface area (Å²) in [6.45, 7) is 0.891. The van der Waals surface area contributed by atoms with Crippen molar-refractivity contribution in [2.75, 3.05) is 6.61 Å². The van der Waals surface area contributed by atoms with E-state index in [0.29, 0.717) is 12.0 Å². The molecule has 3 fully saturated rings. The van der Waals surface area contributed by atoms with Crippen molar-refractivity contribution < 1.29 is 9.84 Å². The zero-order valence-electron chi connectivity index (χ0n) is 6.12. The smallest absolute Gasteiger partial charge is 0.0600 e. The van der Waals surface area contributed by atoms with Gasteiger partial charge in [-0.3, -0.25) is 0 Å². The van der Waals surface area contributed by atoms with E-state index >= 15 is 0 Å². The summed E-state index contributed by atoms with van der Waals surface area (Å²) in [5.74, 6) is 0.647. The molecule has 1 N–H and O–H groups in total. The predicted octanol–water partition coefficient (Wildman–Crippen LogP) is 0.936. The van der Waals surface area contributed by atoms with Gasteiger partial charge in [0.25, 0.3) is 0 Å². The molecule has 0 aromatic rings. The van der Waals surface area contributed by atoms with E-state index in [0.717, 1.165) is 19.4 Å². The lowest BCUT2D eigenvalue weighted by atomic mass is 9.99. The van der Waals surface area contributed by atoms with Crippen molar-refractivity contribution in [3.8, 4) is 0 Å². The largest absolute Gasteiger partial charge is 0.393 e. The maximum Gasteiger partial charge on any atom is 0.0600 e. The number of hydrogen-bond donors (Lipinski definition) is 1.